The van der Waals surface area contributed by atoms with Crippen LogP contribution in [0.4, 0.5) is 17.1 Å². The predicted octanol–water partition coefficient (Wildman–Crippen LogP) is 5.78. The van der Waals surface area contributed by atoms with Gasteiger partial charge in [0, 0.05) is 61.5 Å². The molecule has 36 heavy (non-hydrogen) atoms. The van der Waals surface area contributed by atoms with Crippen LogP contribution >= 0.6 is 0 Å². The fourth-order valence-corrected chi connectivity index (χ4v) is 5.23. The summed E-state index contributed by atoms with van der Waals surface area (Å²) in [5, 5.41) is 10.5. The number of nitrogens with one attached hydrogen (secondary N) is 3. The summed E-state index contributed by atoms with van der Waals surface area (Å²) in [5.41, 5.74) is 8.41. The highest BCUT2D eigenvalue weighted by Gasteiger charge is 2.27. The summed E-state index contributed by atoms with van der Waals surface area (Å²) in [4.78, 5) is 2.62. The Kier molecular flexibility index (Phi) is 9.33. The quantitative estimate of drug-likeness (QED) is 0.413. The molecule has 0 spiro atoms. The second-order valence-electron chi connectivity index (χ2n) is 9.97. The minimum absolute atomic E-state index is 0.509. The van der Waals surface area contributed by atoms with Gasteiger partial charge in [-0.3, -0.25) is 4.90 Å². The highest BCUT2D eigenvalue weighted by molar-refractivity contribution is 5.73. The van der Waals surface area contributed by atoms with Crippen LogP contribution in [0.3, 0.4) is 0 Å². The number of nitrogens with zero attached hydrogens (tertiary/aromatic N) is 1. The summed E-state index contributed by atoms with van der Waals surface area (Å²) < 4.78 is 5.59. The molecule has 1 unspecified atom stereocenters. The molecule has 2 aliphatic heterocycles. The lowest BCUT2D eigenvalue weighted by Crippen LogP contribution is -2.44. The van der Waals surface area contributed by atoms with Crippen molar-refractivity contribution < 1.29 is 4.74 Å². The molecule has 3 N–H and O–H groups in total. The van der Waals surface area contributed by atoms with Crippen molar-refractivity contribution in [2.75, 3.05) is 55.8 Å². The van der Waals surface area contributed by atoms with Gasteiger partial charge in [-0.15, -0.1) is 0 Å². The van der Waals surface area contributed by atoms with E-state index in [1.807, 2.05) is 7.05 Å². The molecule has 0 radical (unpaired) electrons. The Morgan fingerprint density at radius 1 is 1.14 bits per heavy atom. The maximum atomic E-state index is 5.59. The van der Waals surface area contributed by atoms with E-state index in [1.165, 1.54) is 41.6 Å². The van der Waals surface area contributed by atoms with Crippen molar-refractivity contribution in [1.82, 2.24) is 4.90 Å². The average Bonchev–Trinajstić information content (AvgIpc) is 3.44. The number of benzene rings is 2. The minimum atomic E-state index is 0.509. The van der Waals surface area contributed by atoms with Crippen LogP contribution in [0.25, 0.3) is 6.08 Å². The lowest BCUT2D eigenvalue weighted by Gasteiger charge is -2.36. The zero-order chi connectivity index (χ0) is 25.3. The minimum Gasteiger partial charge on any atom is -0.388 e. The molecule has 0 amide bonds. The van der Waals surface area contributed by atoms with Crippen LogP contribution in [-0.2, 0) is 11.2 Å². The Morgan fingerprint density at radius 3 is 2.69 bits per heavy atom. The van der Waals surface area contributed by atoms with Crippen molar-refractivity contribution in [3.63, 3.8) is 0 Å². The molecular weight excluding hydrogens is 444 g/mol. The van der Waals surface area contributed by atoms with E-state index in [0.717, 1.165) is 49.7 Å². The molecule has 0 bridgehead atoms. The number of anilines is 3. The van der Waals surface area contributed by atoms with Gasteiger partial charge in [0.15, 0.2) is 0 Å². The largest absolute Gasteiger partial charge is 0.388 e. The SMILES string of the molecule is CCc1cc(NC)ccc1NCC#C/C(C)=C/c1c(C)cccc1NC1CCN(C2CCOC2)CC1. The summed E-state index contributed by atoms with van der Waals surface area (Å²) in [6, 6.07) is 14.1. The molecule has 4 rings (SSSR count). The van der Waals surface area contributed by atoms with E-state index < -0.39 is 0 Å². The summed E-state index contributed by atoms with van der Waals surface area (Å²) in [7, 11) is 1.95. The molecule has 2 aromatic rings. The Morgan fingerprint density at radius 2 is 1.97 bits per heavy atom. The molecule has 2 heterocycles. The Labute approximate surface area is 217 Å². The Hall–Kier alpha value is -2.94. The number of piperidine rings is 1. The molecule has 5 nitrogen and oxygen atoms in total. The van der Waals surface area contributed by atoms with Crippen LogP contribution in [0.2, 0.25) is 0 Å². The number of ether oxygens (including phenoxy) is 1. The molecular formula is C31H42N4O. The molecule has 0 aliphatic carbocycles. The van der Waals surface area contributed by atoms with Crippen molar-refractivity contribution in [1.29, 1.82) is 0 Å². The highest BCUT2D eigenvalue weighted by Crippen LogP contribution is 2.27. The number of aryl methyl sites for hydroxylation is 2. The molecule has 2 saturated heterocycles. The number of rotatable bonds is 8. The lowest BCUT2D eigenvalue weighted by atomic mass is 9.99. The van der Waals surface area contributed by atoms with E-state index in [1.54, 1.807) is 0 Å². The van der Waals surface area contributed by atoms with Crippen LogP contribution in [0.5, 0.6) is 0 Å². The molecule has 192 valence electrons. The molecule has 2 aliphatic rings. The van der Waals surface area contributed by atoms with Crippen molar-refractivity contribution >= 4 is 23.1 Å². The fraction of sp³-hybridized carbons (Fsp3) is 0.484. The second kappa shape index (κ2) is 12.9. The second-order valence-corrected chi connectivity index (χ2v) is 9.97. The Bertz CT molecular complexity index is 1100. The zero-order valence-electron chi connectivity index (χ0n) is 22.4. The standard InChI is InChI=1S/C31H42N4O/c1-5-25-21-27(32-4)11-12-30(25)33-16-7-8-23(2)20-29-24(3)9-6-10-31(29)34-26-13-17-35(18-14-26)28-15-19-36-22-28/h6,9-12,20-21,26,28,32-34H,5,13-19,22H2,1-4H3/b23-20+. The van der Waals surface area contributed by atoms with Crippen molar-refractivity contribution in [3.8, 4) is 11.8 Å². The number of allylic oxidation sites excluding steroid dienone is 1. The summed E-state index contributed by atoms with van der Waals surface area (Å²) in [5.74, 6) is 6.65. The molecule has 0 saturated carbocycles. The summed E-state index contributed by atoms with van der Waals surface area (Å²) >= 11 is 0. The summed E-state index contributed by atoms with van der Waals surface area (Å²) in [6.45, 7) is 11.2. The first-order valence-electron chi connectivity index (χ1n) is 13.5. The third-order valence-electron chi connectivity index (χ3n) is 7.42. The van der Waals surface area contributed by atoms with Crippen molar-refractivity contribution in [2.24, 2.45) is 0 Å². The first-order chi connectivity index (χ1) is 17.6. The van der Waals surface area contributed by atoms with Gasteiger partial charge < -0.3 is 20.7 Å². The zero-order valence-corrected chi connectivity index (χ0v) is 22.4. The van der Waals surface area contributed by atoms with E-state index in [2.05, 4.69) is 95.9 Å². The fourth-order valence-electron chi connectivity index (χ4n) is 5.23. The van der Waals surface area contributed by atoms with E-state index in [-0.39, 0.29) is 0 Å². The summed E-state index contributed by atoms with van der Waals surface area (Å²) in [6.07, 6.45) is 6.75. The van der Waals surface area contributed by atoms with Gasteiger partial charge in [-0.25, -0.2) is 0 Å². The Balaban J connectivity index is 1.36. The van der Waals surface area contributed by atoms with Crippen LogP contribution in [0, 0.1) is 18.8 Å². The third-order valence-corrected chi connectivity index (χ3v) is 7.42. The smallest absolute Gasteiger partial charge is 0.0769 e. The van der Waals surface area contributed by atoms with Gasteiger partial charge in [-0.05, 0) is 86.6 Å². The molecule has 2 aromatic carbocycles. The number of likely N-dealkylation sites (tertiary alicyclic amines) is 1. The van der Waals surface area contributed by atoms with Crippen molar-refractivity contribution in [2.45, 2.75) is 58.5 Å². The van der Waals surface area contributed by atoms with Gasteiger partial charge in [-0.1, -0.05) is 30.9 Å². The van der Waals surface area contributed by atoms with Crippen LogP contribution in [0.15, 0.2) is 42.0 Å². The molecule has 1 atom stereocenters. The van der Waals surface area contributed by atoms with Gasteiger partial charge in [0.05, 0.1) is 13.2 Å². The first kappa shape index (κ1) is 26.1. The van der Waals surface area contributed by atoms with Crippen molar-refractivity contribution in [3.05, 3.63) is 58.7 Å². The predicted molar refractivity (Wildman–Crippen MR) is 154 cm³/mol. The van der Waals surface area contributed by atoms with Gasteiger partial charge in [0.2, 0.25) is 0 Å². The van der Waals surface area contributed by atoms with Crippen LogP contribution < -0.4 is 16.0 Å². The topological polar surface area (TPSA) is 48.6 Å². The molecule has 5 heteroatoms. The first-order valence-corrected chi connectivity index (χ1v) is 13.5. The van der Waals surface area contributed by atoms with Gasteiger partial charge >= 0.3 is 0 Å². The maximum absolute atomic E-state index is 5.59. The van der Waals surface area contributed by atoms with E-state index in [9.17, 15) is 0 Å². The van der Waals surface area contributed by atoms with E-state index in [0.29, 0.717) is 18.6 Å². The lowest BCUT2D eigenvalue weighted by molar-refractivity contribution is 0.124. The normalized spacial score (nSPS) is 19.0. The van der Waals surface area contributed by atoms with E-state index >= 15 is 0 Å². The van der Waals surface area contributed by atoms with Crippen LogP contribution in [0.1, 0.15) is 49.8 Å². The van der Waals surface area contributed by atoms with Gasteiger partial charge in [0.25, 0.3) is 0 Å². The highest BCUT2D eigenvalue weighted by atomic mass is 16.5. The number of hydrogen-bond acceptors (Lipinski definition) is 5. The van der Waals surface area contributed by atoms with Crippen LogP contribution in [-0.4, -0.2) is 56.9 Å². The maximum Gasteiger partial charge on any atom is 0.0769 e. The molecule has 0 aromatic heterocycles. The van der Waals surface area contributed by atoms with E-state index in [4.69, 9.17) is 4.74 Å². The monoisotopic (exact) mass is 486 g/mol. The van der Waals surface area contributed by atoms with Gasteiger partial charge in [-0.2, -0.15) is 0 Å². The molecule has 2 fully saturated rings. The third kappa shape index (κ3) is 6.84. The number of hydrogen-bond donors (Lipinski definition) is 3. The van der Waals surface area contributed by atoms with Gasteiger partial charge in [0.1, 0.15) is 0 Å². The average molecular weight is 487 g/mol.